The minimum atomic E-state index is -0.779. The van der Waals surface area contributed by atoms with E-state index >= 15 is 0 Å². The first-order valence-electron chi connectivity index (χ1n) is 26.0. The molecule has 0 N–H and O–H groups in total. The Morgan fingerprint density at radius 1 is 0.333 bits per heavy atom. The quantitative estimate of drug-likeness (QED) is 0.0263. The zero-order valence-corrected chi connectivity index (χ0v) is 40.0. The van der Waals surface area contributed by atoms with E-state index in [0.717, 1.165) is 83.5 Å². The molecule has 0 amide bonds. The Labute approximate surface area is 372 Å². The molecule has 60 heavy (non-hydrogen) atoms. The Morgan fingerprint density at radius 3 is 0.983 bits per heavy atom. The Balaban J connectivity index is 4.36. The number of hydrogen-bond donors (Lipinski definition) is 0. The molecule has 0 saturated carbocycles. The Bertz CT molecular complexity index is 1020. The summed E-state index contributed by atoms with van der Waals surface area (Å²) in [7, 11) is 0. The van der Waals surface area contributed by atoms with Gasteiger partial charge in [0.25, 0.3) is 0 Å². The van der Waals surface area contributed by atoms with Crippen LogP contribution in [0.25, 0.3) is 0 Å². The van der Waals surface area contributed by atoms with Gasteiger partial charge in [0.2, 0.25) is 0 Å². The lowest BCUT2D eigenvalue weighted by molar-refractivity contribution is -0.167. The number of carbonyl (C=O) groups excluding carboxylic acids is 3. The second kappa shape index (κ2) is 49.3. The second-order valence-corrected chi connectivity index (χ2v) is 17.4. The van der Waals surface area contributed by atoms with Gasteiger partial charge in [-0.3, -0.25) is 14.4 Å². The van der Waals surface area contributed by atoms with Gasteiger partial charge in [-0.2, -0.15) is 0 Å². The first kappa shape index (κ1) is 57.6. The molecular formula is C54H98O6. The van der Waals surface area contributed by atoms with Crippen molar-refractivity contribution in [3.05, 3.63) is 36.5 Å². The van der Waals surface area contributed by atoms with Crippen LogP contribution in [0, 0.1) is 0 Å². The fourth-order valence-electron chi connectivity index (χ4n) is 7.41. The maximum Gasteiger partial charge on any atom is 0.306 e. The molecule has 0 spiro atoms. The highest BCUT2D eigenvalue weighted by molar-refractivity contribution is 5.71. The minimum absolute atomic E-state index is 0.0780. The summed E-state index contributed by atoms with van der Waals surface area (Å²) in [6.45, 7) is 6.60. The largest absolute Gasteiger partial charge is 0.462 e. The van der Waals surface area contributed by atoms with Crippen molar-refractivity contribution >= 4 is 17.9 Å². The smallest absolute Gasteiger partial charge is 0.306 e. The van der Waals surface area contributed by atoms with Gasteiger partial charge in [-0.25, -0.2) is 0 Å². The van der Waals surface area contributed by atoms with Crippen molar-refractivity contribution in [1.29, 1.82) is 0 Å². The number of hydrogen-bond acceptors (Lipinski definition) is 6. The van der Waals surface area contributed by atoms with Gasteiger partial charge >= 0.3 is 17.9 Å². The molecular weight excluding hydrogens is 745 g/mol. The lowest BCUT2D eigenvalue weighted by Crippen LogP contribution is -2.30. The average Bonchev–Trinajstić information content (AvgIpc) is 3.24. The van der Waals surface area contributed by atoms with Crippen LogP contribution < -0.4 is 0 Å². The van der Waals surface area contributed by atoms with Crippen molar-refractivity contribution in [3.63, 3.8) is 0 Å². The van der Waals surface area contributed by atoms with E-state index < -0.39 is 6.10 Å². The maximum atomic E-state index is 12.8. The summed E-state index contributed by atoms with van der Waals surface area (Å²) in [4.78, 5) is 37.9. The van der Waals surface area contributed by atoms with Gasteiger partial charge in [0.15, 0.2) is 6.10 Å². The number of esters is 3. The summed E-state index contributed by atoms with van der Waals surface area (Å²) in [6.07, 6.45) is 56.9. The Hall–Kier alpha value is -2.37. The van der Waals surface area contributed by atoms with Crippen molar-refractivity contribution < 1.29 is 28.6 Å². The van der Waals surface area contributed by atoms with E-state index in [1.807, 2.05) is 0 Å². The lowest BCUT2D eigenvalue weighted by Gasteiger charge is -2.18. The molecule has 0 bridgehead atoms. The van der Waals surface area contributed by atoms with Crippen LogP contribution in [0.4, 0.5) is 0 Å². The van der Waals surface area contributed by atoms with Crippen LogP contribution in [-0.2, 0) is 28.6 Å². The lowest BCUT2D eigenvalue weighted by atomic mass is 10.1. The highest BCUT2D eigenvalue weighted by Gasteiger charge is 2.19. The van der Waals surface area contributed by atoms with Gasteiger partial charge in [-0.05, 0) is 77.0 Å². The second-order valence-electron chi connectivity index (χ2n) is 17.4. The van der Waals surface area contributed by atoms with Crippen LogP contribution in [0.5, 0.6) is 0 Å². The van der Waals surface area contributed by atoms with Crippen LogP contribution >= 0.6 is 0 Å². The third kappa shape index (κ3) is 46.7. The molecule has 6 nitrogen and oxygen atoms in total. The summed E-state index contributed by atoms with van der Waals surface area (Å²) < 4.78 is 16.8. The van der Waals surface area contributed by atoms with Gasteiger partial charge in [0.05, 0.1) is 0 Å². The highest BCUT2D eigenvalue weighted by Crippen LogP contribution is 2.15. The van der Waals surface area contributed by atoms with Crippen LogP contribution in [0.1, 0.15) is 271 Å². The first-order chi connectivity index (χ1) is 29.5. The third-order valence-corrected chi connectivity index (χ3v) is 11.4. The Morgan fingerprint density at radius 2 is 0.600 bits per heavy atom. The monoisotopic (exact) mass is 843 g/mol. The van der Waals surface area contributed by atoms with Gasteiger partial charge in [-0.15, -0.1) is 0 Å². The zero-order chi connectivity index (χ0) is 43.7. The van der Waals surface area contributed by atoms with Crippen molar-refractivity contribution in [2.75, 3.05) is 13.2 Å². The topological polar surface area (TPSA) is 78.9 Å². The molecule has 0 rings (SSSR count). The fourth-order valence-corrected chi connectivity index (χ4v) is 7.41. The molecule has 0 aliphatic heterocycles. The average molecular weight is 843 g/mol. The number of unbranched alkanes of at least 4 members (excludes halogenated alkanes) is 30. The molecule has 0 aliphatic carbocycles. The van der Waals surface area contributed by atoms with E-state index in [1.54, 1.807) is 0 Å². The predicted octanol–water partition coefficient (Wildman–Crippen LogP) is 16.9. The van der Waals surface area contributed by atoms with Gasteiger partial charge in [0.1, 0.15) is 13.2 Å². The van der Waals surface area contributed by atoms with E-state index in [4.69, 9.17) is 14.2 Å². The summed E-state index contributed by atoms with van der Waals surface area (Å²) in [5, 5.41) is 0. The molecule has 1 unspecified atom stereocenters. The highest BCUT2D eigenvalue weighted by atomic mass is 16.6. The SMILES string of the molecule is CCCCC/C=C\C/C=C\CCCCCCCCCC(=O)OCC(COC(=O)CCCCCCCCCCCCC)OC(=O)CCCCC/C=C\CCCCCCCCC. The first-order valence-corrected chi connectivity index (χ1v) is 26.0. The molecule has 0 radical (unpaired) electrons. The van der Waals surface area contributed by atoms with Gasteiger partial charge < -0.3 is 14.2 Å². The normalized spacial score (nSPS) is 12.2. The molecule has 6 heteroatoms. The molecule has 0 aromatic rings. The summed E-state index contributed by atoms with van der Waals surface area (Å²) in [5.74, 6) is -0.894. The molecule has 0 saturated heterocycles. The van der Waals surface area contributed by atoms with Crippen molar-refractivity contribution in [2.45, 2.75) is 277 Å². The molecule has 0 aromatic heterocycles. The molecule has 0 aromatic carbocycles. The minimum Gasteiger partial charge on any atom is -0.462 e. The van der Waals surface area contributed by atoms with Gasteiger partial charge in [0, 0.05) is 19.3 Å². The number of ether oxygens (including phenoxy) is 3. The van der Waals surface area contributed by atoms with E-state index in [2.05, 4.69) is 57.2 Å². The number of allylic oxidation sites excluding steroid dienone is 6. The van der Waals surface area contributed by atoms with E-state index in [9.17, 15) is 14.4 Å². The predicted molar refractivity (Wildman–Crippen MR) is 256 cm³/mol. The Kier molecular flexibility index (Phi) is 47.3. The van der Waals surface area contributed by atoms with Crippen molar-refractivity contribution in [1.82, 2.24) is 0 Å². The third-order valence-electron chi connectivity index (χ3n) is 11.4. The molecule has 1 atom stereocenters. The van der Waals surface area contributed by atoms with E-state index in [-0.39, 0.29) is 31.1 Å². The van der Waals surface area contributed by atoms with Crippen LogP contribution in [0.3, 0.4) is 0 Å². The maximum absolute atomic E-state index is 12.8. The standard InChI is InChI=1S/C54H98O6/c1-4-7-10-13-16-19-22-24-26-27-28-30-32-35-38-41-44-47-53(56)59-50-51(49-58-52(55)46-43-40-37-34-31-21-18-15-12-9-6-3)60-54(57)48-45-42-39-36-33-29-25-23-20-17-14-11-8-5-2/h16,19,24,26,29,33,51H,4-15,17-18,20-23,25,27-28,30-32,34-50H2,1-3H3/b19-16-,26-24-,33-29-. The van der Waals surface area contributed by atoms with E-state index in [1.165, 1.54) is 148 Å². The molecule has 350 valence electrons. The fraction of sp³-hybridized carbons (Fsp3) is 0.833. The molecule has 0 fully saturated rings. The van der Waals surface area contributed by atoms with Gasteiger partial charge in [-0.1, -0.05) is 211 Å². The number of rotatable bonds is 47. The summed E-state index contributed by atoms with van der Waals surface area (Å²) >= 11 is 0. The van der Waals surface area contributed by atoms with E-state index in [0.29, 0.717) is 19.3 Å². The van der Waals surface area contributed by atoms with Crippen molar-refractivity contribution in [3.8, 4) is 0 Å². The van der Waals surface area contributed by atoms with Crippen molar-refractivity contribution in [2.24, 2.45) is 0 Å². The summed E-state index contributed by atoms with van der Waals surface area (Å²) in [5.41, 5.74) is 0. The van der Waals surface area contributed by atoms with Crippen LogP contribution in [0.15, 0.2) is 36.5 Å². The zero-order valence-electron chi connectivity index (χ0n) is 40.0. The number of carbonyl (C=O) groups is 3. The summed E-state index contributed by atoms with van der Waals surface area (Å²) in [6, 6.07) is 0. The molecule has 0 heterocycles. The van der Waals surface area contributed by atoms with Crippen LogP contribution in [-0.4, -0.2) is 37.2 Å². The van der Waals surface area contributed by atoms with Crippen LogP contribution in [0.2, 0.25) is 0 Å². The molecule has 0 aliphatic rings.